The van der Waals surface area contributed by atoms with Crippen LogP contribution in [0.2, 0.25) is 0 Å². The molecule has 3 rings (SSSR count). The molecule has 27 heavy (non-hydrogen) atoms. The third-order valence-electron chi connectivity index (χ3n) is 4.51. The summed E-state index contributed by atoms with van der Waals surface area (Å²) in [5, 5.41) is 3.36. The van der Waals surface area contributed by atoms with E-state index in [0.717, 1.165) is 17.7 Å². The molecule has 0 aromatic heterocycles. The Morgan fingerprint density at radius 3 is 2.63 bits per heavy atom. The SMILES string of the molecule is C[C@@H](OC1OCCNC1c1ccccc1)c1cc(CS)cc(C(F)(F)F)c1. The molecule has 0 saturated carbocycles. The number of nitrogens with one attached hydrogen (secondary N) is 1. The fraction of sp³-hybridized carbons (Fsp3) is 0.400. The molecule has 1 heterocycles. The first-order valence-corrected chi connectivity index (χ1v) is 9.39. The minimum atomic E-state index is -4.41. The van der Waals surface area contributed by atoms with Crippen LogP contribution in [0, 0.1) is 0 Å². The van der Waals surface area contributed by atoms with Crippen molar-refractivity contribution in [1.29, 1.82) is 0 Å². The van der Waals surface area contributed by atoms with E-state index in [1.165, 1.54) is 0 Å². The molecule has 1 saturated heterocycles. The lowest BCUT2D eigenvalue weighted by Gasteiger charge is -2.34. The highest BCUT2D eigenvalue weighted by Crippen LogP contribution is 2.34. The largest absolute Gasteiger partial charge is 0.416 e. The van der Waals surface area contributed by atoms with Crippen LogP contribution < -0.4 is 5.32 Å². The average Bonchev–Trinajstić information content (AvgIpc) is 2.68. The Kier molecular flexibility index (Phi) is 6.47. The quantitative estimate of drug-likeness (QED) is 0.704. The monoisotopic (exact) mass is 397 g/mol. The number of benzene rings is 2. The van der Waals surface area contributed by atoms with Crippen molar-refractivity contribution in [2.75, 3.05) is 13.2 Å². The second-order valence-electron chi connectivity index (χ2n) is 6.48. The second kappa shape index (κ2) is 8.65. The van der Waals surface area contributed by atoms with E-state index in [4.69, 9.17) is 9.47 Å². The minimum absolute atomic E-state index is 0.183. The Labute approximate surface area is 162 Å². The molecule has 1 aliphatic rings. The lowest BCUT2D eigenvalue weighted by Crippen LogP contribution is -2.43. The zero-order valence-electron chi connectivity index (χ0n) is 14.9. The molecular formula is C20H22F3NO2S. The molecule has 2 aromatic carbocycles. The van der Waals surface area contributed by atoms with Gasteiger partial charge in [0.15, 0.2) is 6.29 Å². The van der Waals surface area contributed by atoms with Gasteiger partial charge in [0.1, 0.15) is 0 Å². The van der Waals surface area contributed by atoms with Gasteiger partial charge in [0.2, 0.25) is 0 Å². The van der Waals surface area contributed by atoms with Crippen LogP contribution in [0.25, 0.3) is 0 Å². The average molecular weight is 397 g/mol. The van der Waals surface area contributed by atoms with Gasteiger partial charge in [-0.1, -0.05) is 36.4 Å². The van der Waals surface area contributed by atoms with Crippen molar-refractivity contribution in [3.05, 3.63) is 70.8 Å². The van der Waals surface area contributed by atoms with Crippen molar-refractivity contribution < 1.29 is 22.6 Å². The Morgan fingerprint density at radius 1 is 1.22 bits per heavy atom. The first-order valence-electron chi connectivity index (χ1n) is 8.76. The van der Waals surface area contributed by atoms with E-state index in [9.17, 15) is 13.2 Å². The lowest BCUT2D eigenvalue weighted by molar-refractivity contribution is -0.200. The van der Waals surface area contributed by atoms with E-state index in [1.54, 1.807) is 13.0 Å². The van der Waals surface area contributed by atoms with E-state index in [1.807, 2.05) is 30.3 Å². The first-order chi connectivity index (χ1) is 12.9. The smallest absolute Gasteiger partial charge is 0.349 e. The minimum Gasteiger partial charge on any atom is -0.349 e. The van der Waals surface area contributed by atoms with Crippen LogP contribution in [0.5, 0.6) is 0 Å². The predicted molar refractivity (Wildman–Crippen MR) is 101 cm³/mol. The molecule has 3 atom stereocenters. The van der Waals surface area contributed by atoms with Crippen LogP contribution >= 0.6 is 12.6 Å². The number of halogens is 3. The highest BCUT2D eigenvalue weighted by atomic mass is 32.1. The van der Waals surface area contributed by atoms with Crippen LogP contribution in [0.15, 0.2) is 48.5 Å². The molecule has 0 aliphatic carbocycles. The Morgan fingerprint density at radius 2 is 1.96 bits per heavy atom. The van der Waals surface area contributed by atoms with Gasteiger partial charge in [-0.25, -0.2) is 0 Å². The second-order valence-corrected chi connectivity index (χ2v) is 6.80. The summed E-state index contributed by atoms with van der Waals surface area (Å²) >= 11 is 4.12. The summed E-state index contributed by atoms with van der Waals surface area (Å²) in [7, 11) is 0. The van der Waals surface area contributed by atoms with Crippen molar-refractivity contribution in [2.45, 2.75) is 37.3 Å². The first kappa shape index (κ1) is 20.2. The molecular weight excluding hydrogens is 375 g/mol. The van der Waals surface area contributed by atoms with Gasteiger partial charge in [0, 0.05) is 12.3 Å². The molecule has 3 nitrogen and oxygen atoms in total. The van der Waals surface area contributed by atoms with Crippen molar-refractivity contribution in [2.24, 2.45) is 0 Å². The Bertz CT molecular complexity index is 755. The predicted octanol–water partition coefficient (Wildman–Crippen LogP) is 4.90. The maximum atomic E-state index is 13.2. The fourth-order valence-electron chi connectivity index (χ4n) is 3.12. The van der Waals surface area contributed by atoms with Crippen LogP contribution in [0.4, 0.5) is 13.2 Å². The van der Waals surface area contributed by atoms with E-state index in [2.05, 4.69) is 17.9 Å². The van der Waals surface area contributed by atoms with Gasteiger partial charge < -0.3 is 14.8 Å². The standard InChI is InChI=1S/C20H22F3NO2S/c1-13(16-9-14(12-27)10-17(11-16)20(21,22)23)26-19-18(24-7-8-25-19)15-5-3-2-4-6-15/h2-6,9-11,13,18-19,24,27H,7-8,12H2,1H3/t13-,18?,19?/m1/s1. The summed E-state index contributed by atoms with van der Waals surface area (Å²) in [4.78, 5) is 0. The van der Waals surface area contributed by atoms with E-state index < -0.39 is 24.1 Å². The van der Waals surface area contributed by atoms with Crippen LogP contribution in [-0.4, -0.2) is 19.4 Å². The highest BCUT2D eigenvalue weighted by molar-refractivity contribution is 7.79. The zero-order valence-corrected chi connectivity index (χ0v) is 15.8. The summed E-state index contributed by atoms with van der Waals surface area (Å²) in [5.74, 6) is 0.220. The Balaban J connectivity index is 1.82. The third-order valence-corrected chi connectivity index (χ3v) is 4.88. The number of hydrogen-bond acceptors (Lipinski definition) is 4. The van der Waals surface area contributed by atoms with Gasteiger partial charge >= 0.3 is 6.18 Å². The van der Waals surface area contributed by atoms with E-state index in [0.29, 0.717) is 24.3 Å². The molecule has 7 heteroatoms. The molecule has 2 aromatic rings. The van der Waals surface area contributed by atoms with E-state index >= 15 is 0 Å². The van der Waals surface area contributed by atoms with Gasteiger partial charge in [0.05, 0.1) is 24.3 Å². The third kappa shape index (κ3) is 5.04. The summed E-state index contributed by atoms with van der Waals surface area (Å²) < 4.78 is 51.4. The van der Waals surface area contributed by atoms with Gasteiger partial charge in [-0.05, 0) is 35.7 Å². The van der Waals surface area contributed by atoms with Gasteiger partial charge in [-0.2, -0.15) is 25.8 Å². The molecule has 0 amide bonds. The number of morpholine rings is 1. The van der Waals surface area contributed by atoms with Gasteiger partial charge in [-0.3, -0.25) is 0 Å². The summed E-state index contributed by atoms with van der Waals surface area (Å²) in [6.45, 7) is 2.89. The number of ether oxygens (including phenoxy) is 2. The maximum absolute atomic E-state index is 13.2. The summed E-state index contributed by atoms with van der Waals surface area (Å²) in [5.41, 5.74) is 1.27. The van der Waals surface area contributed by atoms with Crippen LogP contribution in [-0.2, 0) is 21.4 Å². The maximum Gasteiger partial charge on any atom is 0.416 e. The zero-order chi connectivity index (χ0) is 19.4. The fourth-order valence-corrected chi connectivity index (χ4v) is 3.31. The molecule has 1 aliphatic heterocycles. The lowest BCUT2D eigenvalue weighted by atomic mass is 10.0. The molecule has 1 N–H and O–H groups in total. The van der Waals surface area contributed by atoms with Gasteiger partial charge in [0.25, 0.3) is 0 Å². The summed E-state index contributed by atoms with van der Waals surface area (Å²) in [6.07, 6.45) is -5.57. The van der Waals surface area contributed by atoms with Crippen molar-refractivity contribution in [3.63, 3.8) is 0 Å². The normalized spacial score (nSPS) is 21.8. The topological polar surface area (TPSA) is 30.5 Å². The molecule has 1 fully saturated rings. The van der Waals surface area contributed by atoms with Crippen LogP contribution in [0.3, 0.4) is 0 Å². The van der Waals surface area contributed by atoms with E-state index in [-0.39, 0.29) is 11.8 Å². The van der Waals surface area contributed by atoms with Gasteiger partial charge in [-0.15, -0.1) is 0 Å². The molecule has 146 valence electrons. The number of thiol groups is 1. The summed E-state index contributed by atoms with van der Waals surface area (Å²) in [6, 6.07) is 13.5. The highest BCUT2D eigenvalue weighted by Gasteiger charge is 2.33. The molecule has 2 unspecified atom stereocenters. The number of hydrogen-bond donors (Lipinski definition) is 2. The van der Waals surface area contributed by atoms with Crippen molar-refractivity contribution in [1.82, 2.24) is 5.32 Å². The number of rotatable bonds is 5. The molecule has 0 bridgehead atoms. The molecule has 0 radical (unpaired) electrons. The number of alkyl halides is 3. The molecule has 0 spiro atoms. The Hall–Kier alpha value is -1.54. The van der Waals surface area contributed by atoms with Crippen molar-refractivity contribution >= 4 is 12.6 Å². The van der Waals surface area contributed by atoms with Crippen molar-refractivity contribution in [3.8, 4) is 0 Å². The van der Waals surface area contributed by atoms with Crippen LogP contribution in [0.1, 0.15) is 41.3 Å².